The van der Waals surface area contributed by atoms with Gasteiger partial charge >= 0.3 is 0 Å². The number of hydrogen-bond acceptors (Lipinski definition) is 6. The highest BCUT2D eigenvalue weighted by molar-refractivity contribution is 7.91. The van der Waals surface area contributed by atoms with Crippen molar-refractivity contribution in [3.05, 3.63) is 11.9 Å². The van der Waals surface area contributed by atoms with Crippen LogP contribution in [0.1, 0.15) is 44.9 Å². The van der Waals surface area contributed by atoms with Crippen molar-refractivity contribution >= 4 is 21.5 Å². The summed E-state index contributed by atoms with van der Waals surface area (Å²) in [5.74, 6) is 3.07. The monoisotopic (exact) mass is 352 g/mol. The maximum atomic E-state index is 11.8. The zero-order valence-corrected chi connectivity index (χ0v) is 15.7. The number of piperidine rings is 1. The molecule has 0 saturated carbocycles. The molecule has 2 unspecified atom stereocenters. The van der Waals surface area contributed by atoms with Gasteiger partial charge in [0, 0.05) is 31.7 Å². The maximum Gasteiger partial charge on any atom is 0.152 e. The van der Waals surface area contributed by atoms with Crippen molar-refractivity contribution in [3.8, 4) is 0 Å². The second-order valence-electron chi connectivity index (χ2n) is 7.05. The van der Waals surface area contributed by atoms with Crippen molar-refractivity contribution in [1.29, 1.82) is 0 Å². The summed E-state index contributed by atoms with van der Waals surface area (Å²) in [7, 11) is -0.948. The summed E-state index contributed by atoms with van der Waals surface area (Å²) in [4.78, 5) is 13.7. The predicted molar refractivity (Wildman–Crippen MR) is 97.5 cm³/mol. The molecule has 0 bridgehead atoms. The maximum absolute atomic E-state index is 11.8. The van der Waals surface area contributed by atoms with Gasteiger partial charge in [0.25, 0.3) is 0 Å². The standard InChI is InChI=1S/C17H28N4O2S/c1-4-14-7-5-6-9-21(14)17-11-16(18-13(2)19-17)20(3)15-8-10-24(22,23)12-15/h11,14-15H,4-10,12H2,1-3H3. The SMILES string of the molecule is CCC1CCCCN1c1cc(N(C)C2CCS(=O)(=O)C2)nc(C)n1. The lowest BCUT2D eigenvalue weighted by Crippen LogP contribution is -2.40. The van der Waals surface area contributed by atoms with Crippen LogP contribution in [-0.4, -0.2) is 55.6 Å². The Morgan fingerprint density at radius 1 is 1.29 bits per heavy atom. The molecule has 0 N–H and O–H groups in total. The number of aromatic nitrogens is 2. The van der Waals surface area contributed by atoms with Crippen molar-refractivity contribution in [1.82, 2.24) is 9.97 Å². The van der Waals surface area contributed by atoms with E-state index in [0.717, 1.165) is 30.4 Å². The van der Waals surface area contributed by atoms with Gasteiger partial charge in [0.15, 0.2) is 9.84 Å². The molecule has 7 heteroatoms. The number of anilines is 2. The van der Waals surface area contributed by atoms with Crippen molar-refractivity contribution < 1.29 is 8.42 Å². The second-order valence-corrected chi connectivity index (χ2v) is 9.28. The molecule has 6 nitrogen and oxygen atoms in total. The van der Waals surface area contributed by atoms with E-state index in [1.54, 1.807) is 0 Å². The summed E-state index contributed by atoms with van der Waals surface area (Å²) >= 11 is 0. The van der Waals surface area contributed by atoms with Gasteiger partial charge in [0.2, 0.25) is 0 Å². The Balaban J connectivity index is 1.86. The van der Waals surface area contributed by atoms with E-state index in [-0.39, 0.29) is 17.5 Å². The van der Waals surface area contributed by atoms with E-state index in [2.05, 4.69) is 21.8 Å². The first kappa shape index (κ1) is 17.5. The van der Waals surface area contributed by atoms with E-state index >= 15 is 0 Å². The number of aryl methyl sites for hydroxylation is 1. The Labute approximate surface area is 145 Å². The molecule has 0 radical (unpaired) electrons. The molecule has 2 fully saturated rings. The Hall–Kier alpha value is -1.37. The molecular weight excluding hydrogens is 324 g/mol. The van der Waals surface area contributed by atoms with Gasteiger partial charge in [-0.15, -0.1) is 0 Å². The van der Waals surface area contributed by atoms with Gasteiger partial charge in [-0.1, -0.05) is 6.92 Å². The first-order valence-corrected chi connectivity index (χ1v) is 10.8. The number of hydrogen-bond donors (Lipinski definition) is 0. The average Bonchev–Trinajstić information content (AvgIpc) is 2.93. The fourth-order valence-corrected chi connectivity index (χ4v) is 5.63. The molecule has 3 rings (SSSR count). The van der Waals surface area contributed by atoms with Gasteiger partial charge < -0.3 is 9.80 Å². The van der Waals surface area contributed by atoms with Gasteiger partial charge in [-0.3, -0.25) is 0 Å². The summed E-state index contributed by atoms with van der Waals surface area (Å²) in [6, 6.07) is 2.59. The van der Waals surface area contributed by atoms with E-state index in [0.29, 0.717) is 12.5 Å². The third-order valence-corrected chi connectivity index (χ3v) is 7.07. The van der Waals surface area contributed by atoms with Crippen LogP contribution in [0.3, 0.4) is 0 Å². The zero-order chi connectivity index (χ0) is 17.3. The summed E-state index contributed by atoms with van der Waals surface area (Å²) in [5.41, 5.74) is 0. The lowest BCUT2D eigenvalue weighted by atomic mass is 10.00. The Bertz CT molecular complexity index is 692. The van der Waals surface area contributed by atoms with Crippen LogP contribution in [0.4, 0.5) is 11.6 Å². The molecule has 3 heterocycles. The number of sulfone groups is 1. The molecule has 1 aromatic heterocycles. The Kier molecular flexibility index (Phi) is 4.99. The molecule has 0 spiro atoms. The highest BCUT2D eigenvalue weighted by Crippen LogP contribution is 2.29. The Morgan fingerprint density at radius 2 is 2.08 bits per heavy atom. The zero-order valence-electron chi connectivity index (χ0n) is 14.9. The van der Waals surface area contributed by atoms with Gasteiger partial charge in [-0.2, -0.15) is 0 Å². The van der Waals surface area contributed by atoms with Crippen LogP contribution in [-0.2, 0) is 9.84 Å². The molecule has 134 valence electrons. The summed E-state index contributed by atoms with van der Waals surface area (Å²) in [6.45, 7) is 5.18. The van der Waals surface area contributed by atoms with Gasteiger partial charge in [0.1, 0.15) is 17.5 Å². The van der Waals surface area contributed by atoms with E-state index in [1.165, 1.54) is 19.3 Å². The van der Waals surface area contributed by atoms with Gasteiger partial charge in [-0.25, -0.2) is 18.4 Å². The minimum absolute atomic E-state index is 0.0143. The van der Waals surface area contributed by atoms with Crippen molar-refractivity contribution in [3.63, 3.8) is 0 Å². The molecule has 0 aliphatic carbocycles. The minimum Gasteiger partial charge on any atom is -0.355 e. The predicted octanol–water partition coefficient (Wildman–Crippen LogP) is 2.18. The normalized spacial score (nSPS) is 26.5. The van der Waals surface area contributed by atoms with Crippen LogP contribution in [0.15, 0.2) is 6.07 Å². The van der Waals surface area contributed by atoms with E-state index in [1.807, 2.05) is 24.9 Å². The number of nitrogens with zero attached hydrogens (tertiary/aromatic N) is 4. The van der Waals surface area contributed by atoms with E-state index in [9.17, 15) is 8.42 Å². The minimum atomic E-state index is -2.90. The lowest BCUT2D eigenvalue weighted by Gasteiger charge is -2.37. The van der Waals surface area contributed by atoms with Crippen LogP contribution in [0, 0.1) is 6.92 Å². The molecule has 2 saturated heterocycles. The molecular formula is C17H28N4O2S. The summed E-state index contributed by atoms with van der Waals surface area (Å²) < 4.78 is 23.5. The van der Waals surface area contributed by atoms with Crippen LogP contribution in [0.5, 0.6) is 0 Å². The van der Waals surface area contributed by atoms with Crippen molar-refractivity contribution in [2.24, 2.45) is 0 Å². The van der Waals surface area contributed by atoms with Crippen LogP contribution >= 0.6 is 0 Å². The molecule has 0 aromatic carbocycles. The second kappa shape index (κ2) is 6.86. The average molecular weight is 353 g/mol. The quantitative estimate of drug-likeness (QED) is 0.827. The molecule has 2 aliphatic heterocycles. The molecule has 24 heavy (non-hydrogen) atoms. The third kappa shape index (κ3) is 3.66. The lowest BCUT2D eigenvalue weighted by molar-refractivity contribution is 0.446. The van der Waals surface area contributed by atoms with Crippen molar-refractivity contribution in [2.45, 2.75) is 58.0 Å². The van der Waals surface area contributed by atoms with Crippen molar-refractivity contribution in [2.75, 3.05) is 34.9 Å². The largest absolute Gasteiger partial charge is 0.355 e. The fourth-order valence-electron chi connectivity index (χ4n) is 3.86. The molecule has 2 atom stereocenters. The highest BCUT2D eigenvalue weighted by Gasteiger charge is 2.32. The third-order valence-electron chi connectivity index (χ3n) is 5.32. The first-order chi connectivity index (χ1) is 11.4. The van der Waals surface area contributed by atoms with Crippen LogP contribution in [0.25, 0.3) is 0 Å². The highest BCUT2D eigenvalue weighted by atomic mass is 32.2. The smallest absolute Gasteiger partial charge is 0.152 e. The van der Waals surface area contributed by atoms with E-state index in [4.69, 9.17) is 0 Å². The topological polar surface area (TPSA) is 66.4 Å². The fraction of sp³-hybridized carbons (Fsp3) is 0.765. The first-order valence-electron chi connectivity index (χ1n) is 8.95. The summed E-state index contributed by atoms with van der Waals surface area (Å²) in [5, 5.41) is 0. The number of rotatable bonds is 4. The van der Waals surface area contributed by atoms with E-state index < -0.39 is 9.84 Å². The molecule has 1 aromatic rings. The van der Waals surface area contributed by atoms with Gasteiger partial charge in [0.05, 0.1) is 11.5 Å². The summed E-state index contributed by atoms with van der Waals surface area (Å²) in [6.07, 6.45) is 5.50. The Morgan fingerprint density at radius 3 is 2.75 bits per heavy atom. The van der Waals surface area contributed by atoms with Crippen LogP contribution < -0.4 is 9.80 Å². The van der Waals surface area contributed by atoms with Crippen LogP contribution in [0.2, 0.25) is 0 Å². The molecule has 0 amide bonds. The molecule has 2 aliphatic rings. The van der Waals surface area contributed by atoms with Gasteiger partial charge in [-0.05, 0) is 39.0 Å².